The van der Waals surface area contributed by atoms with Gasteiger partial charge in [0.1, 0.15) is 10.7 Å². The van der Waals surface area contributed by atoms with E-state index in [0.29, 0.717) is 17.3 Å². The number of carbonyl (C=O) groups is 1. The number of rotatable bonds is 6. The van der Waals surface area contributed by atoms with Gasteiger partial charge < -0.3 is 14.5 Å². The van der Waals surface area contributed by atoms with Crippen molar-refractivity contribution in [2.45, 2.75) is 6.54 Å². The molecule has 0 bridgehead atoms. The average molecular weight is 344 g/mol. The zero-order valence-electron chi connectivity index (χ0n) is 12.9. The molecule has 0 saturated carbocycles. The fourth-order valence-corrected chi connectivity index (χ4v) is 2.03. The van der Waals surface area contributed by atoms with Crippen molar-refractivity contribution in [3.8, 4) is 11.4 Å². The second-order valence-electron chi connectivity index (χ2n) is 4.78. The molecule has 1 amide bonds. The number of aromatic nitrogens is 4. The predicted molar refractivity (Wildman–Crippen MR) is 82.2 cm³/mol. The van der Waals surface area contributed by atoms with Crippen LogP contribution in [-0.2, 0) is 6.54 Å². The number of nitrogens with one attached hydrogen (secondary N) is 1. The molecule has 0 aliphatic heterocycles. The first kappa shape index (κ1) is 16.1. The Bertz CT molecular complexity index is 901. The van der Waals surface area contributed by atoms with Crippen LogP contribution in [0, 0.1) is 10.1 Å². The van der Waals surface area contributed by atoms with Crippen LogP contribution < -0.4 is 10.1 Å². The van der Waals surface area contributed by atoms with E-state index in [1.807, 2.05) is 0 Å². The summed E-state index contributed by atoms with van der Waals surface area (Å²) in [6.45, 7) is 0.00631. The van der Waals surface area contributed by atoms with Gasteiger partial charge in [-0.2, -0.15) is 4.68 Å². The summed E-state index contributed by atoms with van der Waals surface area (Å²) in [5.74, 6) is -0.230. The number of furan rings is 1. The summed E-state index contributed by atoms with van der Waals surface area (Å²) < 4.78 is 11.4. The van der Waals surface area contributed by atoms with Gasteiger partial charge in [0, 0.05) is 0 Å². The molecule has 11 nitrogen and oxygen atoms in total. The van der Waals surface area contributed by atoms with Crippen LogP contribution in [-0.4, -0.2) is 38.1 Å². The standard InChI is InChI=1S/C14H12N6O5/c1-24-10-4-2-9(3-5-10)19-12(16-17-18-19)8-15-14(21)11-6-7-13(25-11)20(22)23/h2-7H,8H2,1H3,(H,15,21). The van der Waals surface area contributed by atoms with E-state index in [1.165, 1.54) is 10.7 Å². The Hall–Kier alpha value is -3.76. The van der Waals surface area contributed by atoms with Crippen LogP contribution in [0.1, 0.15) is 16.4 Å². The van der Waals surface area contributed by atoms with Gasteiger partial charge in [0.2, 0.25) is 0 Å². The van der Waals surface area contributed by atoms with E-state index >= 15 is 0 Å². The van der Waals surface area contributed by atoms with E-state index in [-0.39, 0.29) is 12.3 Å². The van der Waals surface area contributed by atoms with Gasteiger partial charge in [0.25, 0.3) is 5.91 Å². The normalized spacial score (nSPS) is 10.4. The zero-order valence-corrected chi connectivity index (χ0v) is 12.9. The Morgan fingerprint density at radius 3 is 2.72 bits per heavy atom. The molecule has 1 aromatic carbocycles. The van der Waals surface area contributed by atoms with Crippen LogP contribution in [0.15, 0.2) is 40.8 Å². The van der Waals surface area contributed by atoms with Crippen LogP contribution >= 0.6 is 0 Å². The number of nitro groups is 1. The molecule has 25 heavy (non-hydrogen) atoms. The number of benzene rings is 1. The Balaban J connectivity index is 1.70. The fraction of sp³-hybridized carbons (Fsp3) is 0.143. The first-order valence-electron chi connectivity index (χ1n) is 7.02. The molecule has 0 aliphatic rings. The van der Waals surface area contributed by atoms with E-state index in [2.05, 4.69) is 20.8 Å². The molecule has 11 heteroatoms. The third-order valence-electron chi connectivity index (χ3n) is 3.25. The second kappa shape index (κ2) is 6.78. The molecule has 2 aromatic heterocycles. The highest BCUT2D eigenvalue weighted by Gasteiger charge is 2.18. The zero-order chi connectivity index (χ0) is 17.8. The van der Waals surface area contributed by atoms with E-state index in [0.717, 1.165) is 6.07 Å². The van der Waals surface area contributed by atoms with Crippen LogP contribution in [0.4, 0.5) is 5.88 Å². The quantitative estimate of drug-likeness (QED) is 0.518. The van der Waals surface area contributed by atoms with Crippen molar-refractivity contribution < 1.29 is 18.9 Å². The molecule has 0 spiro atoms. The third-order valence-corrected chi connectivity index (χ3v) is 3.25. The molecular weight excluding hydrogens is 332 g/mol. The minimum atomic E-state index is -0.721. The van der Waals surface area contributed by atoms with Crippen molar-refractivity contribution in [3.63, 3.8) is 0 Å². The highest BCUT2D eigenvalue weighted by molar-refractivity contribution is 5.91. The number of tetrazole rings is 1. The third kappa shape index (κ3) is 3.44. The topological polar surface area (TPSA) is 138 Å². The fourth-order valence-electron chi connectivity index (χ4n) is 2.03. The molecule has 1 N–H and O–H groups in total. The van der Waals surface area contributed by atoms with Crippen molar-refractivity contribution in [2.75, 3.05) is 7.11 Å². The van der Waals surface area contributed by atoms with Gasteiger partial charge in [0.15, 0.2) is 11.6 Å². The molecule has 128 valence electrons. The lowest BCUT2D eigenvalue weighted by Crippen LogP contribution is -2.24. The minimum absolute atomic E-state index is 0.00631. The lowest BCUT2D eigenvalue weighted by molar-refractivity contribution is -0.402. The van der Waals surface area contributed by atoms with E-state index in [4.69, 9.17) is 9.15 Å². The Kier molecular flexibility index (Phi) is 4.37. The van der Waals surface area contributed by atoms with Gasteiger partial charge in [-0.25, -0.2) is 0 Å². The molecule has 3 aromatic rings. The number of carbonyl (C=O) groups excluding carboxylic acids is 1. The van der Waals surface area contributed by atoms with Crippen molar-refractivity contribution in [1.29, 1.82) is 0 Å². The second-order valence-corrected chi connectivity index (χ2v) is 4.78. The highest BCUT2D eigenvalue weighted by Crippen LogP contribution is 2.16. The summed E-state index contributed by atoms with van der Waals surface area (Å²) in [4.78, 5) is 21.8. The number of nitrogens with zero attached hydrogens (tertiary/aromatic N) is 5. The molecule has 0 saturated heterocycles. The van der Waals surface area contributed by atoms with Gasteiger partial charge in [0.05, 0.1) is 25.4 Å². The maximum Gasteiger partial charge on any atom is 0.433 e. The predicted octanol–water partition coefficient (Wildman–Crippen LogP) is 1.10. The lowest BCUT2D eigenvalue weighted by Gasteiger charge is -2.06. The molecular formula is C14H12N6O5. The number of amides is 1. The summed E-state index contributed by atoms with van der Waals surface area (Å²) in [5.41, 5.74) is 0.684. The summed E-state index contributed by atoms with van der Waals surface area (Å²) in [7, 11) is 1.56. The molecule has 3 rings (SSSR count). The number of methoxy groups -OCH3 is 1. The lowest BCUT2D eigenvalue weighted by atomic mass is 10.3. The van der Waals surface area contributed by atoms with Crippen LogP contribution in [0.2, 0.25) is 0 Å². The van der Waals surface area contributed by atoms with Crippen molar-refractivity contribution in [2.24, 2.45) is 0 Å². The Morgan fingerprint density at radius 2 is 2.08 bits per heavy atom. The first-order valence-corrected chi connectivity index (χ1v) is 7.02. The molecule has 0 radical (unpaired) electrons. The minimum Gasteiger partial charge on any atom is -0.497 e. The van der Waals surface area contributed by atoms with Gasteiger partial charge in [-0.3, -0.25) is 14.9 Å². The van der Waals surface area contributed by atoms with Crippen LogP contribution in [0.3, 0.4) is 0 Å². The van der Waals surface area contributed by atoms with Crippen LogP contribution in [0.5, 0.6) is 5.75 Å². The van der Waals surface area contributed by atoms with E-state index in [9.17, 15) is 14.9 Å². The van der Waals surface area contributed by atoms with Gasteiger partial charge in [-0.05, 0) is 40.8 Å². The monoisotopic (exact) mass is 344 g/mol. The molecule has 0 fully saturated rings. The SMILES string of the molecule is COc1ccc(-n2nnnc2CNC(=O)c2ccc([N+](=O)[O-])o2)cc1. The van der Waals surface area contributed by atoms with Gasteiger partial charge in [-0.1, -0.05) is 0 Å². The molecule has 0 aliphatic carbocycles. The van der Waals surface area contributed by atoms with E-state index in [1.54, 1.807) is 31.4 Å². The maximum absolute atomic E-state index is 12.0. The largest absolute Gasteiger partial charge is 0.497 e. The van der Waals surface area contributed by atoms with Gasteiger partial charge in [-0.15, -0.1) is 5.10 Å². The summed E-state index contributed by atoms with van der Waals surface area (Å²) >= 11 is 0. The number of hydrogen-bond donors (Lipinski definition) is 1. The maximum atomic E-state index is 12.0. The van der Waals surface area contributed by atoms with Crippen molar-refractivity contribution in [3.05, 3.63) is 58.1 Å². The molecule has 0 atom stereocenters. The molecule has 0 unspecified atom stereocenters. The average Bonchev–Trinajstić information content (AvgIpc) is 3.29. The number of hydrogen-bond acceptors (Lipinski definition) is 8. The molecule has 2 heterocycles. The Labute approximate surface area is 140 Å². The smallest absolute Gasteiger partial charge is 0.433 e. The van der Waals surface area contributed by atoms with E-state index < -0.39 is 16.7 Å². The van der Waals surface area contributed by atoms with Crippen LogP contribution in [0.25, 0.3) is 5.69 Å². The van der Waals surface area contributed by atoms with Crippen molar-refractivity contribution >= 4 is 11.8 Å². The summed E-state index contributed by atoms with van der Waals surface area (Å²) in [6, 6.07) is 9.35. The summed E-state index contributed by atoms with van der Waals surface area (Å²) in [6.07, 6.45) is 0. The number of ether oxygens (including phenoxy) is 1. The van der Waals surface area contributed by atoms with Gasteiger partial charge >= 0.3 is 5.88 Å². The first-order chi connectivity index (χ1) is 12.1. The Morgan fingerprint density at radius 1 is 1.32 bits per heavy atom. The highest BCUT2D eigenvalue weighted by atomic mass is 16.6. The summed E-state index contributed by atoms with van der Waals surface area (Å²) in [5, 5.41) is 24.4. The van der Waals surface area contributed by atoms with Crippen molar-refractivity contribution in [1.82, 2.24) is 25.5 Å².